The summed E-state index contributed by atoms with van der Waals surface area (Å²) in [6.07, 6.45) is 1.65. The van der Waals surface area contributed by atoms with E-state index in [0.717, 1.165) is 17.7 Å². The minimum atomic E-state index is -1.36. The average Bonchev–Trinajstić information content (AvgIpc) is 2.98. The van der Waals surface area contributed by atoms with E-state index in [4.69, 9.17) is 46.4 Å². The molecule has 2 aromatic rings. The maximum Gasteiger partial charge on any atom is 0.250 e. The van der Waals surface area contributed by atoms with Gasteiger partial charge in [-0.1, -0.05) is 53.3 Å². The SMILES string of the molecule is C[C@]12CC3C4C(=O)N(c5cc(Cl)cc(Cl)c5)C(=O)C4C4(C(=O)Nc5c(Cl)cc(Cl)cc54)N3C1C2. The number of carbonyl (C=O) groups excluding carboxylic acids is 3. The Bertz CT molecular complexity index is 1360. The van der Waals surface area contributed by atoms with E-state index in [2.05, 4.69) is 17.1 Å². The predicted molar refractivity (Wildman–Crippen MR) is 129 cm³/mol. The molecule has 4 fully saturated rings. The van der Waals surface area contributed by atoms with Crippen LogP contribution in [-0.2, 0) is 19.9 Å². The Kier molecular flexibility index (Phi) is 4.09. The van der Waals surface area contributed by atoms with Crippen molar-refractivity contribution in [3.05, 3.63) is 56.0 Å². The summed E-state index contributed by atoms with van der Waals surface area (Å²) >= 11 is 25.2. The van der Waals surface area contributed by atoms with Crippen LogP contribution in [0.2, 0.25) is 20.1 Å². The molecule has 3 amide bonds. The van der Waals surface area contributed by atoms with E-state index in [9.17, 15) is 14.4 Å². The summed E-state index contributed by atoms with van der Waals surface area (Å²) in [5.74, 6) is -2.70. The molecule has 1 saturated carbocycles. The quantitative estimate of drug-likeness (QED) is 0.513. The standard InChI is InChI=1S/C24H17Cl4N3O3/c1-23-7-15-17-18(21(33)30(20(17)32)12-3-9(25)2-10(26)4-12)24(31(15)16(23)8-23)13-5-11(27)6-14(28)19(13)29-22(24)34/h2-6,15-18H,7-8H2,1H3,(H,29,34)/t15?,16?,17?,18?,23-,24?/m1/s1. The Balaban J connectivity index is 1.47. The lowest BCUT2D eigenvalue weighted by Crippen LogP contribution is -2.55. The second-order valence-corrected chi connectivity index (χ2v) is 11.9. The van der Waals surface area contributed by atoms with E-state index in [0.29, 0.717) is 37.0 Å². The van der Waals surface area contributed by atoms with Crippen molar-refractivity contribution in [3.8, 4) is 0 Å². The number of imide groups is 1. The van der Waals surface area contributed by atoms with Crippen LogP contribution in [0.3, 0.4) is 0 Å². The Morgan fingerprint density at radius 2 is 1.59 bits per heavy atom. The van der Waals surface area contributed by atoms with Crippen molar-refractivity contribution in [2.75, 3.05) is 10.2 Å². The third kappa shape index (κ3) is 2.37. The van der Waals surface area contributed by atoms with Crippen LogP contribution in [-0.4, -0.2) is 34.7 Å². The number of piperidine rings is 1. The molecule has 174 valence electrons. The van der Waals surface area contributed by atoms with E-state index < -0.39 is 23.3 Å². The molecule has 0 radical (unpaired) electrons. The van der Waals surface area contributed by atoms with Gasteiger partial charge >= 0.3 is 0 Å². The Labute approximate surface area is 215 Å². The molecule has 5 aliphatic rings. The lowest BCUT2D eigenvalue weighted by Gasteiger charge is -2.38. The number of amides is 3. The molecule has 1 N–H and O–H groups in total. The number of rotatable bonds is 1. The molecule has 4 heterocycles. The van der Waals surface area contributed by atoms with Crippen molar-refractivity contribution < 1.29 is 14.4 Å². The van der Waals surface area contributed by atoms with Gasteiger partial charge in [-0.3, -0.25) is 19.3 Å². The summed E-state index contributed by atoms with van der Waals surface area (Å²) in [4.78, 5) is 45.2. The summed E-state index contributed by atoms with van der Waals surface area (Å²) in [5, 5.41) is 4.22. The van der Waals surface area contributed by atoms with Gasteiger partial charge < -0.3 is 5.32 Å². The molecule has 1 spiro atoms. The zero-order chi connectivity index (χ0) is 23.9. The molecule has 1 aliphatic carbocycles. The molecule has 2 aromatic carbocycles. The van der Waals surface area contributed by atoms with Crippen molar-refractivity contribution >= 4 is 75.5 Å². The monoisotopic (exact) mass is 535 g/mol. The highest BCUT2D eigenvalue weighted by Gasteiger charge is 2.81. The number of anilines is 2. The van der Waals surface area contributed by atoms with E-state index >= 15 is 0 Å². The number of carbonyl (C=O) groups is 3. The van der Waals surface area contributed by atoms with Crippen molar-refractivity contribution in [2.24, 2.45) is 17.3 Å². The van der Waals surface area contributed by atoms with Crippen LogP contribution in [0.25, 0.3) is 0 Å². The fourth-order valence-electron chi connectivity index (χ4n) is 7.15. The lowest BCUT2D eigenvalue weighted by molar-refractivity contribution is -0.136. The van der Waals surface area contributed by atoms with Crippen LogP contribution < -0.4 is 10.2 Å². The molecule has 4 aliphatic heterocycles. The minimum Gasteiger partial charge on any atom is -0.323 e. The number of halogens is 4. The second-order valence-electron chi connectivity index (χ2n) is 10.2. The molecule has 3 saturated heterocycles. The molecular formula is C24H17Cl4N3O3. The largest absolute Gasteiger partial charge is 0.323 e. The number of hydrogen-bond donors (Lipinski definition) is 1. The van der Waals surface area contributed by atoms with Crippen molar-refractivity contribution in [1.29, 1.82) is 0 Å². The zero-order valence-corrected chi connectivity index (χ0v) is 20.8. The lowest BCUT2D eigenvalue weighted by atomic mass is 9.75. The van der Waals surface area contributed by atoms with Crippen molar-refractivity contribution in [3.63, 3.8) is 0 Å². The number of nitrogens with one attached hydrogen (secondary N) is 1. The molecule has 7 rings (SSSR count). The first-order valence-corrected chi connectivity index (χ1v) is 12.5. The molecule has 10 heteroatoms. The van der Waals surface area contributed by atoms with Gasteiger partial charge in [0.15, 0.2) is 0 Å². The second kappa shape index (κ2) is 6.48. The molecule has 6 atom stereocenters. The fraction of sp³-hybridized carbons (Fsp3) is 0.375. The molecule has 0 aromatic heterocycles. The van der Waals surface area contributed by atoms with Crippen LogP contribution in [0.4, 0.5) is 11.4 Å². The topological polar surface area (TPSA) is 69.7 Å². The highest BCUT2D eigenvalue weighted by Crippen LogP contribution is 2.72. The van der Waals surface area contributed by atoms with E-state index in [1.54, 1.807) is 24.3 Å². The van der Waals surface area contributed by atoms with Gasteiger partial charge in [0.1, 0.15) is 5.54 Å². The number of fused-ring (bicyclic) bond motifs is 9. The van der Waals surface area contributed by atoms with E-state index in [1.807, 2.05) is 0 Å². The van der Waals surface area contributed by atoms with Gasteiger partial charge in [-0.15, -0.1) is 0 Å². The maximum absolute atomic E-state index is 14.1. The van der Waals surface area contributed by atoms with Gasteiger partial charge in [0.25, 0.3) is 5.91 Å². The average molecular weight is 537 g/mol. The van der Waals surface area contributed by atoms with Crippen LogP contribution in [0.15, 0.2) is 30.3 Å². The minimum absolute atomic E-state index is 0.00412. The summed E-state index contributed by atoms with van der Waals surface area (Å²) < 4.78 is 0. The van der Waals surface area contributed by atoms with Crippen LogP contribution in [0, 0.1) is 17.3 Å². The smallest absolute Gasteiger partial charge is 0.250 e. The molecule has 0 bridgehead atoms. The summed E-state index contributed by atoms with van der Waals surface area (Å²) in [6.45, 7) is 2.17. The summed E-state index contributed by atoms with van der Waals surface area (Å²) in [5.41, 5.74) is -0.0303. The third-order valence-corrected chi connectivity index (χ3v) is 9.40. The first-order valence-electron chi connectivity index (χ1n) is 11.0. The highest BCUT2D eigenvalue weighted by molar-refractivity contribution is 6.38. The van der Waals surface area contributed by atoms with Crippen LogP contribution >= 0.6 is 46.4 Å². The van der Waals surface area contributed by atoms with Crippen LogP contribution in [0.1, 0.15) is 25.3 Å². The number of nitrogens with zero attached hydrogens (tertiary/aromatic N) is 2. The fourth-order valence-corrected chi connectivity index (χ4v) is 8.21. The van der Waals surface area contributed by atoms with Gasteiger partial charge in [-0.05, 0) is 48.6 Å². The number of hydrogen-bond acceptors (Lipinski definition) is 4. The maximum atomic E-state index is 14.1. The van der Waals surface area contributed by atoms with E-state index in [1.165, 1.54) is 6.07 Å². The molecule has 5 unspecified atom stereocenters. The molecule has 6 nitrogen and oxygen atoms in total. The Morgan fingerprint density at radius 3 is 2.29 bits per heavy atom. The van der Waals surface area contributed by atoms with Gasteiger partial charge in [-0.2, -0.15) is 0 Å². The zero-order valence-electron chi connectivity index (χ0n) is 17.7. The van der Waals surface area contributed by atoms with E-state index in [-0.39, 0.29) is 29.3 Å². The Morgan fingerprint density at radius 1 is 0.912 bits per heavy atom. The normalized spacial score (nSPS) is 37.2. The van der Waals surface area contributed by atoms with Crippen LogP contribution in [0.5, 0.6) is 0 Å². The van der Waals surface area contributed by atoms with Gasteiger partial charge in [0, 0.05) is 32.7 Å². The molecular weight excluding hydrogens is 520 g/mol. The number of benzene rings is 2. The van der Waals surface area contributed by atoms with Crippen molar-refractivity contribution in [2.45, 2.75) is 37.4 Å². The van der Waals surface area contributed by atoms with Gasteiger partial charge in [-0.25, -0.2) is 4.90 Å². The predicted octanol–water partition coefficient (Wildman–Crippen LogP) is 5.12. The van der Waals surface area contributed by atoms with Crippen molar-refractivity contribution in [1.82, 2.24) is 4.90 Å². The Hall–Kier alpha value is -1.83. The first-order chi connectivity index (χ1) is 16.1. The first kappa shape index (κ1) is 21.5. The van der Waals surface area contributed by atoms with Gasteiger partial charge in [0.2, 0.25) is 11.8 Å². The summed E-state index contributed by atoms with van der Waals surface area (Å²) in [6, 6.07) is 7.74. The third-order valence-electron chi connectivity index (χ3n) is 8.45. The van der Waals surface area contributed by atoms with Gasteiger partial charge in [0.05, 0.1) is 28.2 Å². The molecule has 34 heavy (non-hydrogen) atoms. The summed E-state index contributed by atoms with van der Waals surface area (Å²) in [7, 11) is 0. The highest BCUT2D eigenvalue weighted by atomic mass is 35.5.